The van der Waals surface area contributed by atoms with Crippen molar-refractivity contribution in [2.45, 2.75) is 39.5 Å². The van der Waals surface area contributed by atoms with Crippen LogP contribution in [-0.2, 0) is 0 Å². The second-order valence-electron chi connectivity index (χ2n) is 5.92. The maximum Gasteiger partial charge on any atom is 0.192 e. The van der Waals surface area contributed by atoms with Gasteiger partial charge in [0.25, 0.3) is 0 Å². The van der Waals surface area contributed by atoms with E-state index in [2.05, 4.69) is 29.4 Å². The van der Waals surface area contributed by atoms with Gasteiger partial charge in [0.1, 0.15) is 5.52 Å². The number of anilines is 1. The van der Waals surface area contributed by atoms with Crippen molar-refractivity contribution in [3.05, 3.63) is 24.1 Å². The third kappa shape index (κ3) is 2.91. The molecular weight excluding hydrogens is 236 g/mol. The Labute approximate surface area is 114 Å². The molecule has 2 aromatic rings. The highest BCUT2D eigenvalue weighted by atomic mass is 16.3. The summed E-state index contributed by atoms with van der Waals surface area (Å²) in [6, 6.07) is 6.16. The molecule has 1 aromatic heterocycles. The average molecular weight is 258 g/mol. The van der Waals surface area contributed by atoms with Crippen LogP contribution in [0, 0.1) is 18.8 Å². The molecule has 3 nitrogen and oxygen atoms in total. The highest BCUT2D eigenvalue weighted by Gasteiger charge is 2.17. The number of aromatic nitrogens is 1. The molecule has 102 valence electrons. The predicted octanol–water partition coefficient (Wildman–Crippen LogP) is 4.37. The number of hydrogen-bond donors (Lipinski definition) is 1. The second-order valence-corrected chi connectivity index (χ2v) is 5.92. The molecule has 0 radical (unpaired) electrons. The van der Waals surface area contributed by atoms with Crippen molar-refractivity contribution in [1.82, 2.24) is 4.98 Å². The molecule has 1 saturated carbocycles. The van der Waals surface area contributed by atoms with Crippen LogP contribution in [0.2, 0.25) is 0 Å². The summed E-state index contributed by atoms with van der Waals surface area (Å²) in [6.07, 6.45) is 5.49. The topological polar surface area (TPSA) is 38.1 Å². The van der Waals surface area contributed by atoms with E-state index in [1.54, 1.807) is 0 Å². The Kier molecular flexibility index (Phi) is 3.45. The first-order valence-electron chi connectivity index (χ1n) is 7.32. The first-order chi connectivity index (χ1) is 9.20. The number of oxazole rings is 1. The Hall–Kier alpha value is -1.51. The minimum atomic E-state index is 0.730. The maximum atomic E-state index is 5.49. The number of nitrogens with zero attached hydrogens (tertiary/aromatic N) is 1. The second kappa shape index (κ2) is 5.24. The van der Waals surface area contributed by atoms with Gasteiger partial charge in [0.2, 0.25) is 0 Å². The van der Waals surface area contributed by atoms with Crippen LogP contribution in [0.5, 0.6) is 0 Å². The van der Waals surface area contributed by atoms with E-state index in [0.717, 1.165) is 41.1 Å². The van der Waals surface area contributed by atoms with Gasteiger partial charge < -0.3 is 9.73 Å². The van der Waals surface area contributed by atoms with E-state index in [1.165, 1.54) is 25.7 Å². The quantitative estimate of drug-likeness (QED) is 0.888. The maximum absolute atomic E-state index is 5.49. The van der Waals surface area contributed by atoms with Gasteiger partial charge in [-0.15, -0.1) is 0 Å². The van der Waals surface area contributed by atoms with Crippen molar-refractivity contribution >= 4 is 16.8 Å². The molecule has 0 atom stereocenters. The zero-order chi connectivity index (χ0) is 13.2. The van der Waals surface area contributed by atoms with Gasteiger partial charge in [0.15, 0.2) is 11.5 Å². The van der Waals surface area contributed by atoms with E-state index in [9.17, 15) is 0 Å². The van der Waals surface area contributed by atoms with Crippen molar-refractivity contribution in [3.8, 4) is 0 Å². The molecule has 19 heavy (non-hydrogen) atoms. The first-order valence-corrected chi connectivity index (χ1v) is 7.32. The summed E-state index contributed by atoms with van der Waals surface area (Å²) < 4.78 is 5.49. The fraction of sp³-hybridized carbons (Fsp3) is 0.562. The van der Waals surface area contributed by atoms with Crippen LogP contribution in [-0.4, -0.2) is 11.5 Å². The minimum absolute atomic E-state index is 0.730. The number of fused-ring (bicyclic) bond motifs is 1. The Morgan fingerprint density at radius 1 is 1.26 bits per heavy atom. The van der Waals surface area contributed by atoms with Crippen molar-refractivity contribution in [2.75, 3.05) is 11.9 Å². The number of nitrogens with one attached hydrogen (secondary N) is 1. The van der Waals surface area contributed by atoms with E-state index in [-0.39, 0.29) is 0 Å². The molecule has 3 rings (SSSR count). The summed E-state index contributed by atoms with van der Waals surface area (Å²) in [7, 11) is 0. The van der Waals surface area contributed by atoms with Crippen LogP contribution in [0.25, 0.3) is 11.1 Å². The fourth-order valence-electron chi connectivity index (χ4n) is 2.95. The summed E-state index contributed by atoms with van der Waals surface area (Å²) in [5.74, 6) is 2.48. The number of hydrogen-bond acceptors (Lipinski definition) is 3. The van der Waals surface area contributed by atoms with Gasteiger partial charge in [-0.1, -0.05) is 19.8 Å². The molecule has 1 heterocycles. The lowest BCUT2D eigenvalue weighted by Gasteiger charge is -2.26. The van der Waals surface area contributed by atoms with E-state index in [4.69, 9.17) is 4.42 Å². The van der Waals surface area contributed by atoms with Crippen molar-refractivity contribution in [3.63, 3.8) is 0 Å². The van der Waals surface area contributed by atoms with E-state index < -0.39 is 0 Å². The third-order valence-electron chi connectivity index (χ3n) is 4.22. The van der Waals surface area contributed by atoms with Gasteiger partial charge >= 0.3 is 0 Å². The molecule has 0 unspecified atom stereocenters. The minimum Gasteiger partial charge on any atom is -0.441 e. The highest BCUT2D eigenvalue weighted by Crippen LogP contribution is 2.28. The Balaban J connectivity index is 1.61. The largest absolute Gasteiger partial charge is 0.441 e. The summed E-state index contributed by atoms with van der Waals surface area (Å²) in [5, 5.41) is 3.55. The summed E-state index contributed by atoms with van der Waals surface area (Å²) >= 11 is 0. The SMILES string of the molecule is Cc1nc2cc(NCC3CCC(C)CC3)ccc2o1. The Morgan fingerprint density at radius 3 is 2.84 bits per heavy atom. The molecule has 0 saturated heterocycles. The molecule has 0 amide bonds. The molecule has 0 aliphatic heterocycles. The van der Waals surface area contributed by atoms with Crippen LogP contribution in [0.3, 0.4) is 0 Å². The Bertz CT molecular complexity index is 553. The van der Waals surface area contributed by atoms with Crippen molar-refractivity contribution < 1.29 is 4.42 Å². The summed E-state index contributed by atoms with van der Waals surface area (Å²) in [6.45, 7) is 5.33. The molecule has 1 aromatic carbocycles. The van der Waals surface area contributed by atoms with Gasteiger partial charge in [-0.25, -0.2) is 4.98 Å². The monoisotopic (exact) mass is 258 g/mol. The summed E-state index contributed by atoms with van der Waals surface area (Å²) in [5.41, 5.74) is 2.97. The van der Waals surface area contributed by atoms with Crippen LogP contribution in [0.1, 0.15) is 38.5 Å². The molecular formula is C16H22N2O. The lowest BCUT2D eigenvalue weighted by atomic mass is 9.83. The fourth-order valence-corrected chi connectivity index (χ4v) is 2.95. The molecule has 0 bridgehead atoms. The van der Waals surface area contributed by atoms with Crippen molar-refractivity contribution in [2.24, 2.45) is 11.8 Å². The van der Waals surface area contributed by atoms with Crippen molar-refractivity contribution in [1.29, 1.82) is 0 Å². The van der Waals surface area contributed by atoms with E-state index in [1.807, 2.05) is 13.0 Å². The molecule has 0 spiro atoms. The molecule has 1 aliphatic carbocycles. The number of benzene rings is 1. The normalized spacial score (nSPS) is 23.7. The lowest BCUT2D eigenvalue weighted by Crippen LogP contribution is -2.20. The van der Waals surface area contributed by atoms with Crippen LogP contribution in [0.4, 0.5) is 5.69 Å². The van der Waals surface area contributed by atoms with Gasteiger partial charge in [-0.2, -0.15) is 0 Å². The molecule has 1 N–H and O–H groups in total. The van der Waals surface area contributed by atoms with Gasteiger partial charge in [0, 0.05) is 19.2 Å². The zero-order valence-electron chi connectivity index (χ0n) is 11.8. The van der Waals surface area contributed by atoms with Gasteiger partial charge in [-0.3, -0.25) is 0 Å². The zero-order valence-corrected chi connectivity index (χ0v) is 11.8. The predicted molar refractivity (Wildman–Crippen MR) is 78.4 cm³/mol. The van der Waals surface area contributed by atoms with E-state index >= 15 is 0 Å². The molecule has 3 heteroatoms. The molecule has 1 fully saturated rings. The highest BCUT2D eigenvalue weighted by molar-refractivity contribution is 5.77. The molecule has 1 aliphatic rings. The van der Waals surface area contributed by atoms with Gasteiger partial charge in [0.05, 0.1) is 0 Å². The number of rotatable bonds is 3. The average Bonchev–Trinajstić information content (AvgIpc) is 2.77. The van der Waals surface area contributed by atoms with Crippen LogP contribution < -0.4 is 5.32 Å². The van der Waals surface area contributed by atoms with E-state index in [0.29, 0.717) is 0 Å². The smallest absolute Gasteiger partial charge is 0.192 e. The van der Waals surface area contributed by atoms with Crippen LogP contribution >= 0.6 is 0 Å². The third-order valence-corrected chi connectivity index (χ3v) is 4.22. The Morgan fingerprint density at radius 2 is 2.05 bits per heavy atom. The lowest BCUT2D eigenvalue weighted by molar-refractivity contribution is 0.300. The summed E-state index contributed by atoms with van der Waals surface area (Å²) in [4.78, 5) is 4.37. The number of aryl methyl sites for hydroxylation is 1. The first kappa shape index (κ1) is 12.5. The van der Waals surface area contributed by atoms with Crippen LogP contribution in [0.15, 0.2) is 22.6 Å². The van der Waals surface area contributed by atoms with Gasteiger partial charge in [-0.05, 0) is 42.9 Å². The standard InChI is InChI=1S/C16H22N2O/c1-11-3-5-13(6-4-11)10-17-14-7-8-16-15(9-14)18-12(2)19-16/h7-9,11,13,17H,3-6,10H2,1-2H3.